The third-order valence-corrected chi connectivity index (χ3v) is 4.31. The molecule has 0 fully saturated rings. The number of likely N-dealkylation sites (N-methyl/N-ethyl adjacent to an activating group) is 1. The normalized spacial score (nSPS) is 10.6. The fraction of sp³-hybridized carbons (Fsp3) is 0.333. The summed E-state index contributed by atoms with van der Waals surface area (Å²) in [5.41, 5.74) is 9.51. The van der Waals surface area contributed by atoms with Gasteiger partial charge in [0.1, 0.15) is 0 Å². The van der Waals surface area contributed by atoms with Crippen molar-refractivity contribution < 1.29 is 0 Å². The van der Waals surface area contributed by atoms with E-state index in [0.717, 1.165) is 13.0 Å². The molecule has 96 valence electrons. The average molecular weight is 260 g/mol. The zero-order valence-corrected chi connectivity index (χ0v) is 11.8. The van der Waals surface area contributed by atoms with Gasteiger partial charge >= 0.3 is 0 Å². The minimum Gasteiger partial charge on any atom is -0.374 e. The van der Waals surface area contributed by atoms with Gasteiger partial charge in [0.15, 0.2) is 0 Å². The number of rotatable bonds is 5. The zero-order chi connectivity index (χ0) is 13.0. The van der Waals surface area contributed by atoms with Crippen LogP contribution in [0.1, 0.15) is 16.0 Å². The fourth-order valence-electron chi connectivity index (χ4n) is 1.98. The Kier molecular flexibility index (Phi) is 4.39. The number of benzene rings is 1. The molecule has 0 saturated heterocycles. The summed E-state index contributed by atoms with van der Waals surface area (Å²) in [5, 5.41) is 2.17. The van der Waals surface area contributed by atoms with Crippen molar-refractivity contribution in [2.45, 2.75) is 19.9 Å². The highest BCUT2D eigenvalue weighted by molar-refractivity contribution is 7.10. The minimum atomic E-state index is 0.603. The van der Waals surface area contributed by atoms with E-state index < -0.39 is 0 Å². The fourth-order valence-corrected chi connectivity index (χ4v) is 2.88. The molecule has 2 aromatic rings. The summed E-state index contributed by atoms with van der Waals surface area (Å²) in [6.07, 6.45) is 1.10. The van der Waals surface area contributed by atoms with E-state index >= 15 is 0 Å². The predicted molar refractivity (Wildman–Crippen MR) is 80.4 cm³/mol. The Morgan fingerprint density at radius 2 is 2.11 bits per heavy atom. The van der Waals surface area contributed by atoms with Crippen LogP contribution in [0, 0.1) is 6.92 Å². The van der Waals surface area contributed by atoms with Crippen LogP contribution in [-0.2, 0) is 13.0 Å². The van der Waals surface area contributed by atoms with Crippen LogP contribution < -0.4 is 10.6 Å². The molecule has 0 unspecified atom stereocenters. The topological polar surface area (TPSA) is 29.3 Å². The van der Waals surface area contributed by atoms with Gasteiger partial charge in [-0.1, -0.05) is 12.1 Å². The molecule has 0 radical (unpaired) electrons. The minimum absolute atomic E-state index is 0.603. The number of anilines is 1. The van der Waals surface area contributed by atoms with Gasteiger partial charge in [0, 0.05) is 30.7 Å². The molecule has 2 rings (SSSR count). The average Bonchev–Trinajstić information content (AvgIpc) is 2.81. The highest BCUT2D eigenvalue weighted by Gasteiger charge is 2.04. The first kappa shape index (κ1) is 13.1. The third-order valence-electron chi connectivity index (χ3n) is 3.23. The van der Waals surface area contributed by atoms with Crippen LogP contribution in [0.15, 0.2) is 35.7 Å². The number of nitrogens with zero attached hydrogens (tertiary/aromatic N) is 1. The van der Waals surface area contributed by atoms with Crippen LogP contribution in [0.5, 0.6) is 0 Å². The molecule has 1 aromatic carbocycles. The van der Waals surface area contributed by atoms with Gasteiger partial charge < -0.3 is 10.6 Å². The van der Waals surface area contributed by atoms with Gasteiger partial charge in [-0.3, -0.25) is 0 Å². The second kappa shape index (κ2) is 6.03. The van der Waals surface area contributed by atoms with Gasteiger partial charge in [-0.05, 0) is 48.1 Å². The first-order chi connectivity index (χ1) is 8.70. The van der Waals surface area contributed by atoms with Crippen molar-refractivity contribution in [2.24, 2.45) is 5.73 Å². The maximum atomic E-state index is 5.67. The van der Waals surface area contributed by atoms with Crippen molar-refractivity contribution in [1.29, 1.82) is 0 Å². The van der Waals surface area contributed by atoms with E-state index in [1.165, 1.54) is 21.7 Å². The predicted octanol–water partition coefficient (Wildman–Crippen LogP) is 3.19. The summed E-state index contributed by atoms with van der Waals surface area (Å²) in [5.74, 6) is 0. The van der Waals surface area contributed by atoms with Crippen molar-refractivity contribution >= 4 is 17.0 Å². The molecule has 0 aliphatic heterocycles. The Morgan fingerprint density at radius 3 is 2.78 bits per heavy atom. The van der Waals surface area contributed by atoms with Gasteiger partial charge in [0.2, 0.25) is 0 Å². The van der Waals surface area contributed by atoms with Crippen molar-refractivity contribution in [3.63, 3.8) is 0 Å². The molecular formula is C15H20N2S. The Morgan fingerprint density at radius 1 is 1.28 bits per heavy atom. The van der Waals surface area contributed by atoms with Crippen molar-refractivity contribution in [3.8, 4) is 0 Å². The molecule has 1 heterocycles. The second-order valence-corrected chi connectivity index (χ2v) is 5.57. The lowest BCUT2D eigenvalue weighted by Gasteiger charge is -2.19. The van der Waals surface area contributed by atoms with Gasteiger partial charge in [-0.25, -0.2) is 0 Å². The van der Waals surface area contributed by atoms with Crippen LogP contribution in [0.3, 0.4) is 0 Å². The van der Waals surface area contributed by atoms with Crippen LogP contribution in [0.2, 0.25) is 0 Å². The summed E-state index contributed by atoms with van der Waals surface area (Å²) >= 11 is 1.85. The van der Waals surface area contributed by atoms with Crippen molar-refractivity contribution in [3.05, 3.63) is 51.7 Å². The molecule has 0 amide bonds. The molecule has 3 heteroatoms. The largest absolute Gasteiger partial charge is 0.374 e. The lowest BCUT2D eigenvalue weighted by atomic mass is 10.2. The number of hydrogen-bond acceptors (Lipinski definition) is 3. The highest BCUT2D eigenvalue weighted by atomic mass is 32.1. The van der Waals surface area contributed by atoms with Crippen LogP contribution in [-0.4, -0.2) is 13.6 Å². The Balaban J connectivity index is 1.99. The maximum Gasteiger partial charge on any atom is 0.0366 e. The lowest BCUT2D eigenvalue weighted by Crippen LogP contribution is -2.20. The van der Waals surface area contributed by atoms with E-state index in [-0.39, 0.29) is 0 Å². The highest BCUT2D eigenvalue weighted by Crippen LogP contribution is 2.19. The molecule has 18 heavy (non-hydrogen) atoms. The van der Waals surface area contributed by atoms with E-state index in [1.54, 1.807) is 0 Å². The quantitative estimate of drug-likeness (QED) is 0.894. The zero-order valence-electron chi connectivity index (χ0n) is 11.0. The lowest BCUT2D eigenvalue weighted by molar-refractivity contribution is 0.881. The Hall–Kier alpha value is -1.32. The van der Waals surface area contributed by atoms with E-state index in [9.17, 15) is 0 Å². The molecule has 0 saturated carbocycles. The van der Waals surface area contributed by atoms with Gasteiger partial charge in [0.25, 0.3) is 0 Å². The molecule has 0 atom stereocenters. The third kappa shape index (κ3) is 3.12. The summed E-state index contributed by atoms with van der Waals surface area (Å²) in [6.45, 7) is 3.82. The summed E-state index contributed by atoms with van der Waals surface area (Å²) in [6, 6.07) is 10.6. The second-order valence-electron chi connectivity index (χ2n) is 4.57. The first-order valence-electron chi connectivity index (χ1n) is 6.24. The number of aryl methyl sites for hydroxylation is 1. The molecule has 0 aliphatic carbocycles. The number of thiophene rings is 1. The SMILES string of the molecule is Cc1ccsc1CCN(C)c1cccc(CN)c1. The van der Waals surface area contributed by atoms with E-state index in [1.807, 2.05) is 11.3 Å². The van der Waals surface area contributed by atoms with Crippen LogP contribution in [0.4, 0.5) is 5.69 Å². The van der Waals surface area contributed by atoms with E-state index in [4.69, 9.17) is 5.73 Å². The molecule has 2 N–H and O–H groups in total. The van der Waals surface area contributed by atoms with Crippen molar-refractivity contribution in [2.75, 3.05) is 18.5 Å². The Labute approximate surface area is 113 Å². The Bertz CT molecular complexity index is 505. The van der Waals surface area contributed by atoms with Crippen molar-refractivity contribution in [1.82, 2.24) is 0 Å². The molecule has 0 aliphatic rings. The summed E-state index contributed by atoms with van der Waals surface area (Å²) < 4.78 is 0. The molecule has 2 nitrogen and oxygen atoms in total. The molecule has 0 bridgehead atoms. The molecule has 0 spiro atoms. The van der Waals surface area contributed by atoms with Gasteiger partial charge in [-0.15, -0.1) is 11.3 Å². The van der Waals surface area contributed by atoms with E-state index in [2.05, 4.69) is 54.6 Å². The number of nitrogens with two attached hydrogens (primary N) is 1. The maximum absolute atomic E-state index is 5.67. The summed E-state index contributed by atoms with van der Waals surface area (Å²) in [4.78, 5) is 3.77. The van der Waals surface area contributed by atoms with E-state index in [0.29, 0.717) is 6.54 Å². The standard InChI is InChI=1S/C15H20N2S/c1-12-7-9-18-15(12)6-8-17(2)14-5-3-4-13(10-14)11-16/h3-5,7,9-10H,6,8,11,16H2,1-2H3. The molecule has 1 aromatic heterocycles. The smallest absolute Gasteiger partial charge is 0.0366 e. The molecular weight excluding hydrogens is 240 g/mol. The monoisotopic (exact) mass is 260 g/mol. The van der Waals surface area contributed by atoms with Crippen LogP contribution >= 0.6 is 11.3 Å². The van der Waals surface area contributed by atoms with Gasteiger partial charge in [-0.2, -0.15) is 0 Å². The summed E-state index contributed by atoms with van der Waals surface area (Å²) in [7, 11) is 2.14. The number of hydrogen-bond donors (Lipinski definition) is 1. The van der Waals surface area contributed by atoms with Gasteiger partial charge in [0.05, 0.1) is 0 Å². The first-order valence-corrected chi connectivity index (χ1v) is 7.12. The van der Waals surface area contributed by atoms with Crippen LogP contribution in [0.25, 0.3) is 0 Å².